The molecule has 1 aliphatic heterocycles. The minimum atomic E-state index is -0.417. The molecule has 0 saturated carbocycles. The van der Waals surface area contributed by atoms with Crippen molar-refractivity contribution in [1.82, 2.24) is 10.2 Å². The molecule has 1 amide bonds. The summed E-state index contributed by atoms with van der Waals surface area (Å²) in [5.41, 5.74) is 0. The summed E-state index contributed by atoms with van der Waals surface area (Å²) < 4.78 is 10.0. The summed E-state index contributed by atoms with van der Waals surface area (Å²) in [5.74, 6) is -0.293. The highest BCUT2D eigenvalue weighted by Gasteiger charge is 2.27. The first-order valence-electron chi connectivity index (χ1n) is 7.30. The van der Waals surface area contributed by atoms with Crippen molar-refractivity contribution in [2.45, 2.75) is 45.2 Å². The fourth-order valence-electron chi connectivity index (χ4n) is 2.25. The minimum absolute atomic E-state index is 0.0127. The second-order valence-electron chi connectivity index (χ2n) is 5.04. The lowest BCUT2D eigenvalue weighted by atomic mass is 10.1. The molecular formula is C14H26N2O4. The summed E-state index contributed by atoms with van der Waals surface area (Å²) in [7, 11) is 1.37. The Bertz CT molecular complexity index is 316. The van der Waals surface area contributed by atoms with Gasteiger partial charge in [-0.3, -0.25) is 14.9 Å². The fraction of sp³-hybridized carbons (Fsp3) is 0.857. The van der Waals surface area contributed by atoms with Crippen LogP contribution in [0.15, 0.2) is 0 Å². The van der Waals surface area contributed by atoms with E-state index in [4.69, 9.17) is 9.47 Å². The number of esters is 1. The molecule has 0 aromatic carbocycles. The third-order valence-corrected chi connectivity index (χ3v) is 3.48. The molecule has 2 unspecified atom stereocenters. The van der Waals surface area contributed by atoms with Gasteiger partial charge in [-0.1, -0.05) is 19.8 Å². The number of nitrogens with one attached hydrogen (secondary N) is 1. The molecule has 0 aromatic heterocycles. The van der Waals surface area contributed by atoms with Crippen LogP contribution in [-0.2, 0) is 19.1 Å². The van der Waals surface area contributed by atoms with Gasteiger partial charge in [0.25, 0.3) is 0 Å². The summed E-state index contributed by atoms with van der Waals surface area (Å²) in [6, 6.07) is -0.811. The highest BCUT2D eigenvalue weighted by molar-refractivity contribution is 5.83. The molecule has 1 fully saturated rings. The number of unbranched alkanes of at least 4 members (excludes halogenated alkanes) is 1. The molecule has 1 N–H and O–H groups in total. The van der Waals surface area contributed by atoms with Crippen LogP contribution in [0.25, 0.3) is 0 Å². The van der Waals surface area contributed by atoms with Gasteiger partial charge in [-0.25, -0.2) is 0 Å². The zero-order valence-corrected chi connectivity index (χ0v) is 12.7. The van der Waals surface area contributed by atoms with Gasteiger partial charge in [-0.15, -0.1) is 0 Å². The number of hydrogen-bond donors (Lipinski definition) is 1. The molecule has 0 aromatic rings. The van der Waals surface area contributed by atoms with Crippen LogP contribution in [0.4, 0.5) is 0 Å². The highest BCUT2D eigenvalue weighted by atomic mass is 16.5. The smallest absolute Gasteiger partial charge is 0.322 e. The topological polar surface area (TPSA) is 67.9 Å². The number of carbonyl (C=O) groups is 2. The molecule has 0 spiro atoms. The van der Waals surface area contributed by atoms with E-state index in [1.807, 2.05) is 0 Å². The van der Waals surface area contributed by atoms with Gasteiger partial charge in [-0.2, -0.15) is 0 Å². The molecular weight excluding hydrogens is 260 g/mol. The van der Waals surface area contributed by atoms with Crippen molar-refractivity contribution in [2.75, 3.05) is 33.4 Å². The van der Waals surface area contributed by atoms with E-state index in [0.717, 1.165) is 12.8 Å². The Morgan fingerprint density at radius 3 is 2.55 bits per heavy atom. The van der Waals surface area contributed by atoms with Gasteiger partial charge in [0.2, 0.25) is 5.91 Å². The second-order valence-corrected chi connectivity index (χ2v) is 5.04. The van der Waals surface area contributed by atoms with Gasteiger partial charge < -0.3 is 14.4 Å². The monoisotopic (exact) mass is 286 g/mol. The summed E-state index contributed by atoms with van der Waals surface area (Å²) in [6.07, 6.45) is 2.61. The maximum atomic E-state index is 12.3. The van der Waals surface area contributed by atoms with Gasteiger partial charge in [0, 0.05) is 13.1 Å². The zero-order valence-electron chi connectivity index (χ0n) is 12.7. The highest BCUT2D eigenvalue weighted by Crippen LogP contribution is 2.06. The van der Waals surface area contributed by atoms with Crippen LogP contribution in [0.3, 0.4) is 0 Å². The van der Waals surface area contributed by atoms with Crippen LogP contribution in [0.1, 0.15) is 33.1 Å². The average molecular weight is 286 g/mol. The van der Waals surface area contributed by atoms with Crippen LogP contribution in [0.2, 0.25) is 0 Å². The van der Waals surface area contributed by atoms with E-state index >= 15 is 0 Å². The molecule has 1 saturated heterocycles. The Hall–Kier alpha value is -1.14. The molecule has 116 valence electrons. The molecule has 6 heteroatoms. The number of morpholine rings is 1. The van der Waals surface area contributed by atoms with E-state index in [9.17, 15) is 9.59 Å². The Labute approximate surface area is 120 Å². The van der Waals surface area contributed by atoms with Crippen molar-refractivity contribution < 1.29 is 19.1 Å². The lowest BCUT2D eigenvalue weighted by Crippen LogP contribution is -2.53. The molecule has 0 radical (unpaired) electrons. The van der Waals surface area contributed by atoms with Crippen molar-refractivity contribution in [3.8, 4) is 0 Å². The number of hydrogen-bond acceptors (Lipinski definition) is 5. The van der Waals surface area contributed by atoms with Crippen LogP contribution >= 0.6 is 0 Å². The predicted molar refractivity (Wildman–Crippen MR) is 75.3 cm³/mol. The SMILES string of the molecule is CCCCC(NC(C)C(=O)N1CCOCC1)C(=O)OC. The Kier molecular flexibility index (Phi) is 7.54. The first-order valence-corrected chi connectivity index (χ1v) is 7.30. The van der Waals surface area contributed by atoms with Crippen LogP contribution < -0.4 is 5.32 Å². The molecule has 1 aliphatic rings. The lowest BCUT2D eigenvalue weighted by Gasteiger charge is -2.30. The first-order chi connectivity index (χ1) is 9.60. The van der Waals surface area contributed by atoms with Gasteiger partial charge >= 0.3 is 5.97 Å². The summed E-state index contributed by atoms with van der Waals surface area (Å²) in [6.45, 7) is 6.24. The second kappa shape index (κ2) is 8.92. The zero-order chi connectivity index (χ0) is 15.0. The molecule has 0 bridgehead atoms. The summed E-state index contributed by atoms with van der Waals surface area (Å²) >= 11 is 0. The van der Waals surface area contributed by atoms with Gasteiger partial charge in [0.05, 0.1) is 26.4 Å². The van der Waals surface area contributed by atoms with Crippen molar-refractivity contribution in [1.29, 1.82) is 0 Å². The van der Waals surface area contributed by atoms with E-state index in [-0.39, 0.29) is 11.9 Å². The van der Waals surface area contributed by atoms with Crippen LogP contribution in [0.5, 0.6) is 0 Å². The molecule has 0 aliphatic carbocycles. The summed E-state index contributed by atoms with van der Waals surface area (Å²) in [4.78, 5) is 25.8. The number of carbonyl (C=O) groups excluding carboxylic acids is 2. The van der Waals surface area contributed by atoms with Crippen molar-refractivity contribution in [2.24, 2.45) is 0 Å². The number of ether oxygens (including phenoxy) is 2. The molecule has 1 rings (SSSR count). The normalized spacial score (nSPS) is 18.4. The Morgan fingerprint density at radius 2 is 2.00 bits per heavy atom. The lowest BCUT2D eigenvalue weighted by molar-refractivity contribution is -0.144. The average Bonchev–Trinajstić information content (AvgIpc) is 2.50. The minimum Gasteiger partial charge on any atom is -0.468 e. The van der Waals surface area contributed by atoms with E-state index in [1.165, 1.54) is 7.11 Å². The third-order valence-electron chi connectivity index (χ3n) is 3.48. The molecule has 2 atom stereocenters. The van der Waals surface area contributed by atoms with Crippen molar-refractivity contribution in [3.05, 3.63) is 0 Å². The molecule has 6 nitrogen and oxygen atoms in total. The van der Waals surface area contributed by atoms with Crippen molar-refractivity contribution in [3.63, 3.8) is 0 Å². The quantitative estimate of drug-likeness (QED) is 0.692. The summed E-state index contributed by atoms with van der Waals surface area (Å²) in [5, 5.41) is 3.09. The largest absolute Gasteiger partial charge is 0.468 e. The van der Waals surface area contributed by atoms with Crippen LogP contribution in [-0.4, -0.2) is 62.3 Å². The van der Waals surface area contributed by atoms with Gasteiger partial charge in [0.1, 0.15) is 6.04 Å². The van der Waals surface area contributed by atoms with E-state index in [2.05, 4.69) is 12.2 Å². The standard InChI is InChI=1S/C14H26N2O4/c1-4-5-6-12(14(18)19-3)15-11(2)13(17)16-7-9-20-10-8-16/h11-12,15H,4-10H2,1-3H3. The predicted octanol–water partition coefficient (Wildman–Crippen LogP) is 0.555. The van der Waals surface area contributed by atoms with Gasteiger partial charge in [0.15, 0.2) is 0 Å². The maximum absolute atomic E-state index is 12.3. The third kappa shape index (κ3) is 5.09. The first kappa shape index (κ1) is 16.9. The van der Waals surface area contributed by atoms with Gasteiger partial charge in [-0.05, 0) is 13.3 Å². The van der Waals surface area contributed by atoms with Crippen molar-refractivity contribution >= 4 is 11.9 Å². The van der Waals surface area contributed by atoms with E-state index < -0.39 is 12.1 Å². The molecule has 1 heterocycles. The maximum Gasteiger partial charge on any atom is 0.322 e. The molecule has 20 heavy (non-hydrogen) atoms. The number of methoxy groups -OCH3 is 1. The van der Waals surface area contributed by atoms with E-state index in [0.29, 0.717) is 32.7 Å². The number of rotatable bonds is 7. The van der Waals surface area contributed by atoms with Crippen LogP contribution in [0, 0.1) is 0 Å². The van der Waals surface area contributed by atoms with E-state index in [1.54, 1.807) is 11.8 Å². The number of nitrogens with zero attached hydrogens (tertiary/aromatic N) is 1. The Balaban J connectivity index is 2.52. The fourth-order valence-corrected chi connectivity index (χ4v) is 2.25. The Morgan fingerprint density at radius 1 is 1.35 bits per heavy atom. The number of amides is 1.